The predicted molar refractivity (Wildman–Crippen MR) is 69.3 cm³/mol. The number of rotatable bonds is 3. The van der Waals surface area contributed by atoms with Crippen LogP contribution in [0, 0.1) is 0 Å². The van der Waals surface area contributed by atoms with E-state index in [-0.39, 0.29) is 6.61 Å². The largest absolute Gasteiger partial charge is 0.396 e. The van der Waals surface area contributed by atoms with E-state index >= 15 is 0 Å². The van der Waals surface area contributed by atoms with E-state index in [1.807, 2.05) is 0 Å². The number of benzene rings is 2. The summed E-state index contributed by atoms with van der Waals surface area (Å²) in [4.78, 5) is 0. The van der Waals surface area contributed by atoms with E-state index in [0.29, 0.717) is 0 Å². The van der Waals surface area contributed by atoms with Crippen molar-refractivity contribution in [3.8, 4) is 0 Å². The highest BCUT2D eigenvalue weighted by Crippen LogP contribution is 2.24. The molecule has 2 aromatic carbocycles. The van der Waals surface area contributed by atoms with Gasteiger partial charge in [-0.2, -0.15) is 0 Å². The van der Waals surface area contributed by atoms with Crippen LogP contribution in [0.3, 0.4) is 0 Å². The Morgan fingerprint density at radius 3 is 2.69 bits per heavy atom. The zero-order valence-corrected chi connectivity index (χ0v) is 9.48. The van der Waals surface area contributed by atoms with E-state index in [1.54, 1.807) is 0 Å². The van der Waals surface area contributed by atoms with Gasteiger partial charge < -0.3 is 5.11 Å². The van der Waals surface area contributed by atoms with Crippen LogP contribution in [0.15, 0.2) is 48.5 Å². The van der Waals surface area contributed by atoms with Crippen molar-refractivity contribution >= 4 is 16.3 Å². The molecule has 0 aromatic heterocycles. The second kappa shape index (κ2) is 4.95. The van der Waals surface area contributed by atoms with Crippen molar-refractivity contribution < 1.29 is 5.11 Å². The van der Waals surface area contributed by atoms with Crippen molar-refractivity contribution in [2.45, 2.75) is 13.3 Å². The van der Waals surface area contributed by atoms with Crippen LogP contribution < -0.4 is 0 Å². The maximum Gasteiger partial charge on any atom is 0.0465 e. The second-order valence-electron chi connectivity index (χ2n) is 3.93. The molecule has 0 aliphatic carbocycles. The molecule has 0 heterocycles. The Labute approximate surface area is 96.0 Å². The van der Waals surface area contributed by atoms with Gasteiger partial charge in [-0.3, -0.25) is 0 Å². The number of allylic oxidation sites excluding steroid dienone is 1. The number of aliphatic hydroxyl groups excluding tert-OH is 1. The Balaban J connectivity index is 2.52. The molecule has 0 amide bonds. The van der Waals surface area contributed by atoms with Gasteiger partial charge in [0.2, 0.25) is 0 Å². The molecule has 0 aliphatic rings. The lowest BCUT2D eigenvalue weighted by atomic mass is 9.99. The van der Waals surface area contributed by atoms with Gasteiger partial charge in [0.1, 0.15) is 0 Å². The lowest BCUT2D eigenvalue weighted by Crippen LogP contribution is -1.84. The Kier molecular flexibility index (Phi) is 3.37. The third-order valence-electron chi connectivity index (χ3n) is 2.79. The van der Waals surface area contributed by atoms with Gasteiger partial charge in [-0.1, -0.05) is 48.5 Å². The molecule has 2 rings (SSSR count). The molecule has 0 spiro atoms. The maximum absolute atomic E-state index is 8.83. The summed E-state index contributed by atoms with van der Waals surface area (Å²) in [6.07, 6.45) is 2.80. The first kappa shape index (κ1) is 10.9. The molecule has 0 saturated carbocycles. The molecule has 2 aromatic rings. The van der Waals surface area contributed by atoms with Gasteiger partial charge in [0, 0.05) is 6.61 Å². The summed E-state index contributed by atoms with van der Waals surface area (Å²) in [6, 6.07) is 14.7. The monoisotopic (exact) mass is 212 g/mol. The standard InChI is InChI=1S/C15H16O/c1-12(6-5-11-16)14-10-4-8-13-7-2-3-9-15(13)14/h2-4,6-10,16H,5,11H2,1H3/b12-6+. The summed E-state index contributed by atoms with van der Waals surface area (Å²) in [5.41, 5.74) is 2.48. The van der Waals surface area contributed by atoms with Crippen LogP contribution in [0.5, 0.6) is 0 Å². The fourth-order valence-electron chi connectivity index (χ4n) is 1.96. The molecule has 16 heavy (non-hydrogen) atoms. The summed E-state index contributed by atoms with van der Waals surface area (Å²) in [5.74, 6) is 0. The first-order valence-electron chi connectivity index (χ1n) is 5.58. The van der Waals surface area contributed by atoms with E-state index in [9.17, 15) is 0 Å². The second-order valence-corrected chi connectivity index (χ2v) is 3.93. The number of aliphatic hydroxyl groups is 1. The first-order valence-corrected chi connectivity index (χ1v) is 5.58. The molecule has 1 heteroatoms. The molecule has 0 unspecified atom stereocenters. The zero-order chi connectivity index (χ0) is 11.4. The predicted octanol–water partition coefficient (Wildman–Crippen LogP) is 3.63. The summed E-state index contributed by atoms with van der Waals surface area (Å²) >= 11 is 0. The van der Waals surface area contributed by atoms with E-state index < -0.39 is 0 Å². The third kappa shape index (κ3) is 2.15. The molecule has 0 bridgehead atoms. The molecule has 82 valence electrons. The average molecular weight is 212 g/mol. The number of fused-ring (bicyclic) bond motifs is 1. The van der Waals surface area contributed by atoms with Crippen molar-refractivity contribution in [1.82, 2.24) is 0 Å². The lowest BCUT2D eigenvalue weighted by Gasteiger charge is -2.06. The van der Waals surface area contributed by atoms with Gasteiger partial charge in [-0.25, -0.2) is 0 Å². The summed E-state index contributed by atoms with van der Waals surface area (Å²) in [6.45, 7) is 2.31. The van der Waals surface area contributed by atoms with Crippen LogP contribution in [-0.4, -0.2) is 11.7 Å². The third-order valence-corrected chi connectivity index (χ3v) is 2.79. The quantitative estimate of drug-likeness (QED) is 0.823. The van der Waals surface area contributed by atoms with Crippen LogP contribution in [0.2, 0.25) is 0 Å². The number of hydrogen-bond acceptors (Lipinski definition) is 1. The maximum atomic E-state index is 8.83. The van der Waals surface area contributed by atoms with E-state index in [4.69, 9.17) is 5.11 Å². The van der Waals surface area contributed by atoms with Gasteiger partial charge in [-0.15, -0.1) is 0 Å². The molecular weight excluding hydrogens is 196 g/mol. The summed E-state index contributed by atoms with van der Waals surface area (Å²) in [7, 11) is 0. The van der Waals surface area contributed by atoms with Gasteiger partial charge >= 0.3 is 0 Å². The summed E-state index contributed by atoms with van der Waals surface area (Å²) in [5, 5.41) is 11.4. The highest BCUT2D eigenvalue weighted by Gasteiger charge is 2.00. The lowest BCUT2D eigenvalue weighted by molar-refractivity contribution is 0.303. The average Bonchev–Trinajstić information content (AvgIpc) is 2.35. The molecule has 0 aliphatic heterocycles. The SMILES string of the molecule is C/C(=C\CCO)c1cccc2ccccc12. The van der Waals surface area contributed by atoms with E-state index in [0.717, 1.165) is 6.42 Å². The van der Waals surface area contributed by atoms with E-state index in [1.165, 1.54) is 21.9 Å². The van der Waals surface area contributed by atoms with Crippen molar-refractivity contribution in [2.75, 3.05) is 6.61 Å². The fraction of sp³-hybridized carbons (Fsp3) is 0.200. The van der Waals surface area contributed by atoms with Crippen LogP contribution in [0.1, 0.15) is 18.9 Å². The normalized spacial score (nSPS) is 12.0. The molecule has 0 fully saturated rings. The minimum atomic E-state index is 0.210. The topological polar surface area (TPSA) is 20.2 Å². The first-order chi connectivity index (χ1) is 7.83. The van der Waals surface area contributed by atoms with Crippen molar-refractivity contribution in [1.29, 1.82) is 0 Å². The van der Waals surface area contributed by atoms with E-state index in [2.05, 4.69) is 55.5 Å². The van der Waals surface area contributed by atoms with Crippen molar-refractivity contribution in [3.63, 3.8) is 0 Å². The smallest absolute Gasteiger partial charge is 0.0465 e. The Hall–Kier alpha value is -1.60. The molecule has 0 atom stereocenters. The van der Waals surface area contributed by atoms with Gasteiger partial charge in [-0.05, 0) is 35.3 Å². The van der Waals surface area contributed by atoms with Crippen LogP contribution >= 0.6 is 0 Å². The molecule has 1 nitrogen and oxygen atoms in total. The minimum absolute atomic E-state index is 0.210. The van der Waals surface area contributed by atoms with Crippen LogP contribution in [0.4, 0.5) is 0 Å². The molecule has 0 radical (unpaired) electrons. The minimum Gasteiger partial charge on any atom is -0.396 e. The van der Waals surface area contributed by atoms with Crippen LogP contribution in [-0.2, 0) is 0 Å². The van der Waals surface area contributed by atoms with Crippen LogP contribution in [0.25, 0.3) is 16.3 Å². The zero-order valence-electron chi connectivity index (χ0n) is 9.48. The summed E-state index contributed by atoms with van der Waals surface area (Å²) < 4.78 is 0. The van der Waals surface area contributed by atoms with Gasteiger partial charge in [0.15, 0.2) is 0 Å². The molecular formula is C15H16O. The fourth-order valence-corrected chi connectivity index (χ4v) is 1.96. The highest BCUT2D eigenvalue weighted by atomic mass is 16.2. The molecule has 0 saturated heterocycles. The Morgan fingerprint density at radius 2 is 1.88 bits per heavy atom. The Morgan fingerprint density at radius 1 is 1.12 bits per heavy atom. The number of hydrogen-bond donors (Lipinski definition) is 1. The Bertz CT molecular complexity index is 506. The van der Waals surface area contributed by atoms with Gasteiger partial charge in [0.25, 0.3) is 0 Å². The van der Waals surface area contributed by atoms with Crippen molar-refractivity contribution in [3.05, 3.63) is 54.1 Å². The molecule has 1 N–H and O–H groups in total. The van der Waals surface area contributed by atoms with Crippen molar-refractivity contribution in [2.24, 2.45) is 0 Å². The van der Waals surface area contributed by atoms with Gasteiger partial charge in [0.05, 0.1) is 0 Å². The highest BCUT2D eigenvalue weighted by molar-refractivity contribution is 5.93.